The van der Waals surface area contributed by atoms with Crippen LogP contribution in [0.15, 0.2) is 0 Å². The molecule has 0 amide bonds. The normalized spacial score (nSPS) is 30.8. The van der Waals surface area contributed by atoms with Crippen molar-refractivity contribution in [1.82, 2.24) is 10.2 Å². The minimum Gasteiger partial charge on any atom is -0.373 e. The summed E-state index contributed by atoms with van der Waals surface area (Å²) in [6, 6.07) is 0. The quantitative estimate of drug-likeness (QED) is 0.821. The lowest BCUT2D eigenvalue weighted by Crippen LogP contribution is -2.46. The summed E-state index contributed by atoms with van der Waals surface area (Å²) in [5.41, 5.74) is -0.0556. The maximum absolute atomic E-state index is 6.07. The molecule has 0 aromatic heterocycles. The van der Waals surface area contributed by atoms with Gasteiger partial charge in [0, 0.05) is 32.7 Å². The second kappa shape index (κ2) is 6.33. The minimum atomic E-state index is -0.0556. The topological polar surface area (TPSA) is 33.7 Å². The molecular weight excluding hydrogens is 228 g/mol. The number of hydrogen-bond donors (Lipinski definition) is 1. The van der Waals surface area contributed by atoms with Crippen molar-refractivity contribution in [3.05, 3.63) is 0 Å². The molecule has 2 saturated heterocycles. The van der Waals surface area contributed by atoms with Gasteiger partial charge in [0.1, 0.15) is 0 Å². The first-order valence-electron chi connectivity index (χ1n) is 7.25. The first kappa shape index (κ1) is 14.3. The van der Waals surface area contributed by atoms with Crippen LogP contribution in [0.4, 0.5) is 0 Å². The summed E-state index contributed by atoms with van der Waals surface area (Å²) in [5.74, 6) is 0. The van der Waals surface area contributed by atoms with E-state index in [2.05, 4.69) is 31.0 Å². The zero-order chi connectivity index (χ0) is 13.0. The van der Waals surface area contributed by atoms with E-state index in [9.17, 15) is 0 Å². The van der Waals surface area contributed by atoms with Crippen molar-refractivity contribution in [2.45, 2.75) is 51.4 Å². The number of rotatable bonds is 4. The van der Waals surface area contributed by atoms with E-state index in [1.165, 1.54) is 6.42 Å². The molecule has 2 aliphatic heterocycles. The van der Waals surface area contributed by atoms with Crippen LogP contribution >= 0.6 is 0 Å². The van der Waals surface area contributed by atoms with Crippen LogP contribution in [-0.2, 0) is 9.47 Å². The zero-order valence-electron chi connectivity index (χ0n) is 12.1. The van der Waals surface area contributed by atoms with Gasteiger partial charge in [0.05, 0.1) is 24.4 Å². The van der Waals surface area contributed by atoms with E-state index < -0.39 is 0 Å². The molecule has 2 unspecified atom stereocenters. The van der Waals surface area contributed by atoms with Crippen molar-refractivity contribution in [2.24, 2.45) is 0 Å². The summed E-state index contributed by atoms with van der Waals surface area (Å²) >= 11 is 0. The van der Waals surface area contributed by atoms with Gasteiger partial charge in [-0.3, -0.25) is 4.90 Å². The lowest BCUT2D eigenvalue weighted by atomic mass is 10.1. The van der Waals surface area contributed by atoms with E-state index in [1.54, 1.807) is 0 Å². The van der Waals surface area contributed by atoms with E-state index in [0.717, 1.165) is 45.8 Å². The van der Waals surface area contributed by atoms with Gasteiger partial charge in [0.25, 0.3) is 0 Å². The first-order valence-corrected chi connectivity index (χ1v) is 7.25. The highest BCUT2D eigenvalue weighted by Gasteiger charge is 2.28. The van der Waals surface area contributed by atoms with Crippen molar-refractivity contribution >= 4 is 0 Å². The summed E-state index contributed by atoms with van der Waals surface area (Å²) < 4.78 is 11.9. The molecule has 0 radical (unpaired) electrons. The van der Waals surface area contributed by atoms with Gasteiger partial charge in [-0.05, 0) is 33.6 Å². The number of nitrogens with zero attached hydrogens (tertiary/aromatic N) is 1. The molecule has 4 heteroatoms. The Kier molecular flexibility index (Phi) is 5.01. The van der Waals surface area contributed by atoms with Crippen LogP contribution in [0.2, 0.25) is 0 Å². The fourth-order valence-electron chi connectivity index (χ4n) is 2.56. The highest BCUT2D eigenvalue weighted by Crippen LogP contribution is 2.22. The molecule has 106 valence electrons. The van der Waals surface area contributed by atoms with Crippen molar-refractivity contribution < 1.29 is 9.47 Å². The van der Waals surface area contributed by atoms with Crippen LogP contribution in [0.3, 0.4) is 0 Å². The fraction of sp³-hybridized carbons (Fsp3) is 1.00. The first-order chi connectivity index (χ1) is 8.53. The molecule has 1 N–H and O–H groups in total. The molecule has 0 aliphatic carbocycles. The number of ether oxygens (including phenoxy) is 2. The van der Waals surface area contributed by atoms with E-state index in [4.69, 9.17) is 9.47 Å². The van der Waals surface area contributed by atoms with Crippen molar-refractivity contribution in [3.8, 4) is 0 Å². The molecule has 2 heterocycles. The summed E-state index contributed by atoms with van der Waals surface area (Å²) in [5, 5.41) is 3.38. The summed E-state index contributed by atoms with van der Waals surface area (Å²) in [6.45, 7) is 12.7. The zero-order valence-corrected chi connectivity index (χ0v) is 12.1. The van der Waals surface area contributed by atoms with Crippen LogP contribution in [0.25, 0.3) is 0 Å². The van der Waals surface area contributed by atoms with E-state index >= 15 is 0 Å². The van der Waals surface area contributed by atoms with E-state index in [-0.39, 0.29) is 5.60 Å². The smallest absolute Gasteiger partial charge is 0.0814 e. The molecule has 0 spiro atoms. The molecule has 2 fully saturated rings. The van der Waals surface area contributed by atoms with E-state index in [1.807, 2.05) is 0 Å². The van der Waals surface area contributed by atoms with Gasteiger partial charge in [-0.2, -0.15) is 0 Å². The number of hydrogen-bond acceptors (Lipinski definition) is 4. The van der Waals surface area contributed by atoms with Crippen molar-refractivity contribution in [1.29, 1.82) is 0 Å². The van der Waals surface area contributed by atoms with Gasteiger partial charge in [0.15, 0.2) is 0 Å². The van der Waals surface area contributed by atoms with Crippen LogP contribution in [0.1, 0.15) is 33.6 Å². The SMILES string of the molecule is CC(C)(C)OCC1CCC(CN2CCNCC2)O1. The Balaban J connectivity index is 1.65. The molecule has 0 aromatic carbocycles. The molecule has 0 saturated carbocycles. The maximum atomic E-state index is 6.07. The third-order valence-electron chi connectivity index (χ3n) is 3.57. The Hall–Kier alpha value is -0.160. The van der Waals surface area contributed by atoms with Gasteiger partial charge in [-0.1, -0.05) is 0 Å². The summed E-state index contributed by atoms with van der Waals surface area (Å²) in [7, 11) is 0. The average molecular weight is 256 g/mol. The largest absolute Gasteiger partial charge is 0.373 e. The monoisotopic (exact) mass is 256 g/mol. The second-order valence-corrected chi connectivity index (χ2v) is 6.43. The van der Waals surface area contributed by atoms with Gasteiger partial charge >= 0.3 is 0 Å². The fourth-order valence-corrected chi connectivity index (χ4v) is 2.56. The summed E-state index contributed by atoms with van der Waals surface area (Å²) in [6.07, 6.45) is 3.04. The predicted molar refractivity (Wildman–Crippen MR) is 72.9 cm³/mol. The predicted octanol–water partition coefficient (Wildman–Crippen LogP) is 1.25. The highest BCUT2D eigenvalue weighted by molar-refractivity contribution is 4.79. The van der Waals surface area contributed by atoms with Gasteiger partial charge in [0.2, 0.25) is 0 Å². The second-order valence-electron chi connectivity index (χ2n) is 6.43. The molecule has 4 nitrogen and oxygen atoms in total. The van der Waals surface area contributed by atoms with Crippen LogP contribution in [0, 0.1) is 0 Å². The Morgan fingerprint density at radius 3 is 2.50 bits per heavy atom. The lowest BCUT2D eigenvalue weighted by molar-refractivity contribution is -0.0732. The molecule has 18 heavy (non-hydrogen) atoms. The maximum Gasteiger partial charge on any atom is 0.0814 e. The Labute approximate surface area is 111 Å². The standard InChI is InChI=1S/C14H28N2O2/c1-14(2,3)17-11-13-5-4-12(18-13)10-16-8-6-15-7-9-16/h12-13,15H,4-11H2,1-3H3. The summed E-state index contributed by atoms with van der Waals surface area (Å²) in [4.78, 5) is 2.51. The van der Waals surface area contributed by atoms with Gasteiger partial charge in [-0.25, -0.2) is 0 Å². The van der Waals surface area contributed by atoms with Crippen LogP contribution in [0.5, 0.6) is 0 Å². The third kappa shape index (κ3) is 4.84. The van der Waals surface area contributed by atoms with Crippen LogP contribution < -0.4 is 5.32 Å². The average Bonchev–Trinajstić information content (AvgIpc) is 2.75. The van der Waals surface area contributed by atoms with Gasteiger partial charge in [-0.15, -0.1) is 0 Å². The van der Waals surface area contributed by atoms with Crippen molar-refractivity contribution in [3.63, 3.8) is 0 Å². The Morgan fingerprint density at radius 1 is 1.17 bits per heavy atom. The highest BCUT2D eigenvalue weighted by atomic mass is 16.6. The van der Waals surface area contributed by atoms with Crippen LogP contribution in [-0.4, -0.2) is 62.0 Å². The third-order valence-corrected chi connectivity index (χ3v) is 3.57. The molecular formula is C14H28N2O2. The molecule has 0 aromatic rings. The van der Waals surface area contributed by atoms with E-state index in [0.29, 0.717) is 12.2 Å². The molecule has 0 bridgehead atoms. The lowest BCUT2D eigenvalue weighted by Gasteiger charge is -2.29. The molecule has 2 aliphatic rings. The Bertz CT molecular complexity index is 247. The number of piperazine rings is 1. The Morgan fingerprint density at radius 2 is 1.83 bits per heavy atom. The molecule has 2 rings (SSSR count). The minimum absolute atomic E-state index is 0.0556. The molecule has 2 atom stereocenters. The van der Waals surface area contributed by atoms with Gasteiger partial charge < -0.3 is 14.8 Å². The number of nitrogens with one attached hydrogen (secondary N) is 1. The van der Waals surface area contributed by atoms with Crippen molar-refractivity contribution in [2.75, 3.05) is 39.3 Å².